The van der Waals surface area contributed by atoms with Crippen LogP contribution in [0.4, 0.5) is 18.9 Å². The largest absolute Gasteiger partial charge is 0.418 e. The smallest absolute Gasteiger partial charge is 0.381 e. The lowest BCUT2D eigenvalue weighted by Crippen LogP contribution is -2.32. The number of carbonyl (C=O) groups excluding carboxylic acids is 1. The van der Waals surface area contributed by atoms with Crippen molar-refractivity contribution in [1.82, 2.24) is 5.32 Å². The normalized spacial score (nSPS) is 19.4. The third kappa shape index (κ3) is 3.32. The molecule has 1 saturated heterocycles. The fourth-order valence-corrected chi connectivity index (χ4v) is 2.24. The van der Waals surface area contributed by atoms with E-state index in [0.29, 0.717) is 12.8 Å². The molecule has 0 aliphatic carbocycles. The predicted octanol–water partition coefficient (Wildman–Crippen LogP) is 3.05. The number of amides is 1. The lowest BCUT2D eigenvalue weighted by atomic mass is 10.1. The van der Waals surface area contributed by atoms with Gasteiger partial charge in [0, 0.05) is 19.0 Å². The van der Waals surface area contributed by atoms with E-state index in [1.165, 1.54) is 12.1 Å². The van der Waals surface area contributed by atoms with Crippen molar-refractivity contribution in [3.8, 4) is 0 Å². The Morgan fingerprint density at radius 2 is 2.16 bits per heavy atom. The first kappa shape index (κ1) is 14.0. The van der Waals surface area contributed by atoms with Crippen molar-refractivity contribution in [3.63, 3.8) is 0 Å². The van der Waals surface area contributed by atoms with Gasteiger partial charge in [-0.3, -0.25) is 4.79 Å². The number of hydrogen-bond acceptors (Lipinski definition) is 2. The molecule has 1 amide bonds. The topological polar surface area (TPSA) is 41.1 Å². The molecule has 104 valence electrons. The number of carbonyl (C=O) groups is 1. The van der Waals surface area contributed by atoms with Gasteiger partial charge in [0.05, 0.1) is 16.3 Å². The monoisotopic (exact) mass is 292 g/mol. The Morgan fingerprint density at radius 1 is 1.42 bits per heavy atom. The Kier molecular flexibility index (Phi) is 3.89. The molecule has 2 rings (SSSR count). The van der Waals surface area contributed by atoms with E-state index in [1.807, 2.05) is 0 Å². The summed E-state index contributed by atoms with van der Waals surface area (Å²) < 4.78 is 38.5. The molecule has 1 aromatic rings. The Bertz CT molecular complexity index is 490. The van der Waals surface area contributed by atoms with Crippen molar-refractivity contribution in [2.24, 2.45) is 0 Å². The number of halogens is 4. The maximum absolute atomic E-state index is 12.8. The summed E-state index contributed by atoms with van der Waals surface area (Å²) in [5, 5.41) is 5.37. The summed E-state index contributed by atoms with van der Waals surface area (Å²) in [6, 6.07) is 3.46. The number of nitrogens with one attached hydrogen (secondary N) is 2. The van der Waals surface area contributed by atoms with Crippen molar-refractivity contribution >= 4 is 23.2 Å². The zero-order chi connectivity index (χ0) is 14.0. The number of benzene rings is 1. The maximum Gasteiger partial charge on any atom is 0.418 e. The fourth-order valence-electron chi connectivity index (χ4n) is 2.00. The molecule has 1 atom stereocenters. The Morgan fingerprint density at radius 3 is 2.74 bits per heavy atom. The summed E-state index contributed by atoms with van der Waals surface area (Å²) in [7, 11) is 0. The van der Waals surface area contributed by atoms with E-state index in [4.69, 9.17) is 11.6 Å². The molecule has 0 saturated carbocycles. The standard InChI is InChI=1S/C12H12ClF3N2O/c13-9-3-1-2-8(12(14,15)16)11(9)17-6-7-4-5-10(19)18-7/h1-3,7,17H,4-6H2,(H,18,19). The van der Waals surface area contributed by atoms with Crippen molar-refractivity contribution in [1.29, 1.82) is 0 Å². The van der Waals surface area contributed by atoms with E-state index in [9.17, 15) is 18.0 Å². The molecule has 7 heteroatoms. The first-order chi connectivity index (χ1) is 8.88. The van der Waals surface area contributed by atoms with E-state index in [-0.39, 0.29) is 29.2 Å². The van der Waals surface area contributed by atoms with E-state index in [0.717, 1.165) is 6.07 Å². The third-order valence-electron chi connectivity index (χ3n) is 2.93. The maximum atomic E-state index is 12.8. The van der Waals surface area contributed by atoms with Crippen molar-refractivity contribution in [2.45, 2.75) is 25.1 Å². The molecule has 1 aromatic carbocycles. The lowest BCUT2D eigenvalue weighted by molar-refractivity contribution is -0.137. The van der Waals surface area contributed by atoms with Crippen LogP contribution in [0.1, 0.15) is 18.4 Å². The number of alkyl halides is 3. The molecule has 0 radical (unpaired) electrons. The molecule has 0 spiro atoms. The minimum absolute atomic E-state index is 0.0131. The van der Waals surface area contributed by atoms with Crippen LogP contribution >= 0.6 is 11.6 Å². The summed E-state index contributed by atoms with van der Waals surface area (Å²) in [4.78, 5) is 11.0. The quantitative estimate of drug-likeness (QED) is 0.899. The van der Waals surface area contributed by atoms with Gasteiger partial charge < -0.3 is 10.6 Å². The minimum atomic E-state index is -4.47. The predicted molar refractivity (Wildman–Crippen MR) is 66.1 cm³/mol. The molecule has 1 unspecified atom stereocenters. The molecule has 1 aliphatic rings. The summed E-state index contributed by atoms with van der Waals surface area (Å²) in [6.07, 6.45) is -3.45. The van der Waals surface area contributed by atoms with E-state index >= 15 is 0 Å². The Hall–Kier alpha value is -1.43. The van der Waals surface area contributed by atoms with Crippen LogP contribution in [0, 0.1) is 0 Å². The van der Waals surface area contributed by atoms with Gasteiger partial charge in [0.1, 0.15) is 0 Å². The zero-order valence-electron chi connectivity index (χ0n) is 9.85. The number of para-hydroxylation sites is 1. The molecule has 1 heterocycles. The second-order valence-electron chi connectivity index (χ2n) is 4.34. The van der Waals surface area contributed by atoms with Crippen LogP contribution in [0.2, 0.25) is 5.02 Å². The van der Waals surface area contributed by atoms with E-state index < -0.39 is 11.7 Å². The molecular weight excluding hydrogens is 281 g/mol. The van der Waals surface area contributed by atoms with Crippen LogP contribution in [-0.2, 0) is 11.0 Å². The Balaban J connectivity index is 2.13. The van der Waals surface area contributed by atoms with Crippen LogP contribution in [0.5, 0.6) is 0 Å². The molecule has 1 fully saturated rings. The van der Waals surface area contributed by atoms with Crippen LogP contribution in [-0.4, -0.2) is 18.5 Å². The van der Waals surface area contributed by atoms with Gasteiger partial charge in [0.15, 0.2) is 0 Å². The second-order valence-corrected chi connectivity index (χ2v) is 4.75. The molecule has 19 heavy (non-hydrogen) atoms. The van der Waals surface area contributed by atoms with Gasteiger partial charge in [-0.2, -0.15) is 13.2 Å². The minimum Gasteiger partial charge on any atom is -0.381 e. The summed E-state index contributed by atoms with van der Waals surface area (Å²) >= 11 is 5.80. The van der Waals surface area contributed by atoms with Gasteiger partial charge in [-0.05, 0) is 18.6 Å². The van der Waals surface area contributed by atoms with Crippen LogP contribution in [0.25, 0.3) is 0 Å². The summed E-state index contributed by atoms with van der Waals surface area (Å²) in [6.45, 7) is 0.221. The highest BCUT2D eigenvalue weighted by Gasteiger charge is 2.34. The number of hydrogen-bond donors (Lipinski definition) is 2. The summed E-state index contributed by atoms with van der Waals surface area (Å²) in [5.41, 5.74) is -0.942. The average molecular weight is 293 g/mol. The number of rotatable bonds is 3. The first-order valence-corrected chi connectivity index (χ1v) is 6.14. The molecule has 0 aromatic heterocycles. The highest BCUT2D eigenvalue weighted by atomic mass is 35.5. The third-order valence-corrected chi connectivity index (χ3v) is 3.24. The van der Waals surface area contributed by atoms with E-state index in [2.05, 4.69) is 10.6 Å². The van der Waals surface area contributed by atoms with Gasteiger partial charge in [0.2, 0.25) is 5.91 Å². The van der Waals surface area contributed by atoms with Gasteiger partial charge in [-0.1, -0.05) is 17.7 Å². The number of anilines is 1. The molecule has 0 bridgehead atoms. The zero-order valence-corrected chi connectivity index (χ0v) is 10.6. The van der Waals surface area contributed by atoms with E-state index in [1.54, 1.807) is 0 Å². The average Bonchev–Trinajstić information content (AvgIpc) is 2.72. The van der Waals surface area contributed by atoms with Gasteiger partial charge in [-0.15, -0.1) is 0 Å². The summed E-state index contributed by atoms with van der Waals surface area (Å²) in [5.74, 6) is -0.0815. The van der Waals surface area contributed by atoms with Gasteiger partial charge in [0.25, 0.3) is 0 Å². The SMILES string of the molecule is O=C1CCC(CNc2c(Cl)cccc2C(F)(F)F)N1. The molecule has 2 N–H and O–H groups in total. The molecule has 1 aliphatic heterocycles. The molecule has 3 nitrogen and oxygen atoms in total. The highest BCUT2D eigenvalue weighted by Crippen LogP contribution is 2.38. The lowest BCUT2D eigenvalue weighted by Gasteiger charge is -2.18. The van der Waals surface area contributed by atoms with Crippen LogP contribution in [0.15, 0.2) is 18.2 Å². The van der Waals surface area contributed by atoms with Gasteiger partial charge >= 0.3 is 6.18 Å². The highest BCUT2D eigenvalue weighted by molar-refractivity contribution is 6.33. The van der Waals surface area contributed by atoms with Crippen molar-refractivity contribution in [2.75, 3.05) is 11.9 Å². The van der Waals surface area contributed by atoms with Gasteiger partial charge in [-0.25, -0.2) is 0 Å². The van der Waals surface area contributed by atoms with Crippen molar-refractivity contribution < 1.29 is 18.0 Å². The van der Waals surface area contributed by atoms with Crippen LogP contribution in [0.3, 0.4) is 0 Å². The fraction of sp³-hybridized carbons (Fsp3) is 0.417. The van der Waals surface area contributed by atoms with Crippen LogP contribution < -0.4 is 10.6 Å². The second kappa shape index (κ2) is 5.28. The first-order valence-electron chi connectivity index (χ1n) is 5.77. The van der Waals surface area contributed by atoms with Crippen molar-refractivity contribution in [3.05, 3.63) is 28.8 Å². The molecular formula is C12H12ClF3N2O. The Labute approximate surface area is 113 Å².